The molecule has 1 fully saturated rings. The zero-order chi connectivity index (χ0) is 16.8. The van der Waals surface area contributed by atoms with Gasteiger partial charge in [0.25, 0.3) is 0 Å². The van der Waals surface area contributed by atoms with Crippen LogP contribution in [0.15, 0.2) is 47.6 Å². The fourth-order valence-corrected chi connectivity index (χ4v) is 3.12. The van der Waals surface area contributed by atoms with Gasteiger partial charge in [-0.3, -0.25) is 0 Å². The van der Waals surface area contributed by atoms with Gasteiger partial charge in [-0.1, -0.05) is 42.6 Å². The van der Waals surface area contributed by atoms with E-state index in [9.17, 15) is 8.78 Å². The van der Waals surface area contributed by atoms with Crippen molar-refractivity contribution in [3.63, 3.8) is 0 Å². The highest BCUT2D eigenvalue weighted by Crippen LogP contribution is 2.32. The first-order valence-corrected chi connectivity index (χ1v) is 8.34. The van der Waals surface area contributed by atoms with E-state index < -0.39 is 11.6 Å². The minimum absolute atomic E-state index is 0.0541. The molecule has 0 atom stereocenters. The highest BCUT2D eigenvalue weighted by atomic mass is 19.1. The minimum atomic E-state index is -0.635. The normalized spacial score (nSPS) is 15.8. The van der Waals surface area contributed by atoms with Crippen LogP contribution in [-0.2, 0) is 11.4 Å². The quantitative estimate of drug-likeness (QED) is 0.529. The van der Waals surface area contributed by atoms with Crippen LogP contribution < -0.4 is 0 Å². The molecule has 24 heavy (non-hydrogen) atoms. The Balaban J connectivity index is 1.58. The smallest absolute Gasteiger partial charge is 0.145 e. The van der Waals surface area contributed by atoms with E-state index in [2.05, 4.69) is 23.5 Å². The van der Waals surface area contributed by atoms with E-state index in [0.29, 0.717) is 5.92 Å². The molecule has 2 nitrogen and oxygen atoms in total. The molecule has 0 N–H and O–H groups in total. The van der Waals surface area contributed by atoms with Gasteiger partial charge in [-0.2, -0.15) is 0 Å². The molecule has 0 saturated heterocycles. The molecule has 3 rings (SSSR count). The number of nitrogens with zero attached hydrogens (tertiary/aromatic N) is 1. The van der Waals surface area contributed by atoms with E-state index in [-0.39, 0.29) is 12.2 Å². The summed E-state index contributed by atoms with van der Waals surface area (Å²) in [7, 11) is 0. The summed E-state index contributed by atoms with van der Waals surface area (Å²) in [5, 5.41) is 3.78. The summed E-state index contributed by atoms with van der Waals surface area (Å²) < 4.78 is 26.3. The Morgan fingerprint density at radius 2 is 1.88 bits per heavy atom. The van der Waals surface area contributed by atoms with Crippen molar-refractivity contribution < 1.29 is 13.6 Å². The third kappa shape index (κ3) is 4.40. The highest BCUT2D eigenvalue weighted by molar-refractivity contribution is 5.79. The maximum Gasteiger partial charge on any atom is 0.145 e. The minimum Gasteiger partial charge on any atom is -0.390 e. The molecule has 4 heteroatoms. The van der Waals surface area contributed by atoms with Gasteiger partial charge in [-0.05, 0) is 42.5 Å². The molecule has 1 aliphatic carbocycles. The van der Waals surface area contributed by atoms with Crippen molar-refractivity contribution in [3.05, 3.63) is 70.8 Å². The predicted octanol–water partition coefficient (Wildman–Crippen LogP) is 5.44. The maximum atomic E-state index is 13.5. The van der Waals surface area contributed by atoms with Crippen molar-refractivity contribution in [2.75, 3.05) is 0 Å². The molecule has 1 aliphatic rings. The summed E-state index contributed by atoms with van der Waals surface area (Å²) in [6.07, 6.45) is 9.22. The number of hydrogen-bond donors (Lipinski definition) is 0. The number of hydrogen-bond acceptors (Lipinski definition) is 2. The zero-order valence-corrected chi connectivity index (χ0v) is 13.5. The Labute approximate surface area is 141 Å². The first-order chi connectivity index (χ1) is 11.7. The molecule has 0 aliphatic heterocycles. The highest BCUT2D eigenvalue weighted by Gasteiger charge is 2.15. The Morgan fingerprint density at radius 3 is 2.67 bits per heavy atom. The average molecular weight is 328 g/mol. The van der Waals surface area contributed by atoms with Gasteiger partial charge in [-0.15, -0.1) is 0 Å². The lowest BCUT2D eigenvalue weighted by Gasteiger charge is -2.22. The third-order valence-corrected chi connectivity index (χ3v) is 4.44. The standard InChI is InChI=1S/C20H20F2NO/c21-19-10-9-18(20(22)12-19)14-24-23-13-15-5-4-8-17(11-15)16-6-2-1-3-7-16/h4-5,8-12,16H,1-3,6-7,14H2. The van der Waals surface area contributed by atoms with E-state index in [1.54, 1.807) is 0 Å². The molecule has 1 radical (unpaired) electrons. The van der Waals surface area contributed by atoms with Crippen LogP contribution in [0.5, 0.6) is 0 Å². The van der Waals surface area contributed by atoms with Crippen molar-refractivity contribution in [1.82, 2.24) is 0 Å². The second-order valence-corrected chi connectivity index (χ2v) is 6.17. The summed E-state index contributed by atoms with van der Waals surface area (Å²) in [6, 6.07) is 11.5. The van der Waals surface area contributed by atoms with Crippen molar-refractivity contribution in [2.24, 2.45) is 5.16 Å². The number of benzene rings is 2. The van der Waals surface area contributed by atoms with Crippen molar-refractivity contribution in [2.45, 2.75) is 44.6 Å². The first kappa shape index (κ1) is 16.6. The van der Waals surface area contributed by atoms with Gasteiger partial charge in [0.1, 0.15) is 24.5 Å². The topological polar surface area (TPSA) is 21.6 Å². The molecule has 2 aromatic carbocycles. The Morgan fingerprint density at radius 1 is 1.04 bits per heavy atom. The monoisotopic (exact) mass is 328 g/mol. The average Bonchev–Trinajstić information content (AvgIpc) is 2.61. The van der Waals surface area contributed by atoms with Crippen LogP contribution in [0.4, 0.5) is 8.78 Å². The van der Waals surface area contributed by atoms with Crippen LogP contribution in [0.1, 0.15) is 54.7 Å². The van der Waals surface area contributed by atoms with Gasteiger partial charge in [0.05, 0.1) is 0 Å². The summed E-state index contributed by atoms with van der Waals surface area (Å²) in [4.78, 5) is 5.08. The summed E-state index contributed by atoms with van der Waals surface area (Å²) in [5.74, 6) is -0.620. The van der Waals surface area contributed by atoms with Crippen molar-refractivity contribution in [3.8, 4) is 0 Å². The number of halogens is 2. The molecule has 0 bridgehead atoms. The first-order valence-electron chi connectivity index (χ1n) is 8.34. The largest absolute Gasteiger partial charge is 0.390 e. The molecule has 0 unspecified atom stereocenters. The maximum absolute atomic E-state index is 13.5. The molecule has 1 saturated carbocycles. The van der Waals surface area contributed by atoms with E-state index in [4.69, 9.17) is 4.84 Å². The van der Waals surface area contributed by atoms with Gasteiger partial charge in [0.2, 0.25) is 0 Å². The molecule has 0 spiro atoms. The lowest BCUT2D eigenvalue weighted by molar-refractivity contribution is 0.129. The van der Waals surface area contributed by atoms with Crippen LogP contribution in [0.2, 0.25) is 0 Å². The molecule has 0 heterocycles. The van der Waals surface area contributed by atoms with Crippen LogP contribution in [0, 0.1) is 11.6 Å². The molecule has 0 aromatic heterocycles. The fraction of sp³-hybridized carbons (Fsp3) is 0.350. The van der Waals surface area contributed by atoms with Gasteiger partial charge >= 0.3 is 0 Å². The third-order valence-electron chi connectivity index (χ3n) is 4.44. The molecule has 125 valence electrons. The zero-order valence-electron chi connectivity index (χ0n) is 13.5. The van der Waals surface area contributed by atoms with E-state index in [1.165, 1.54) is 49.8 Å². The molecular weight excluding hydrogens is 308 g/mol. The summed E-state index contributed by atoms with van der Waals surface area (Å²) in [5.41, 5.74) is 2.43. The van der Waals surface area contributed by atoms with Gasteiger partial charge in [0, 0.05) is 17.2 Å². The number of rotatable bonds is 5. The second-order valence-electron chi connectivity index (χ2n) is 6.17. The Kier molecular flexibility index (Phi) is 5.57. The van der Waals surface area contributed by atoms with E-state index >= 15 is 0 Å². The van der Waals surface area contributed by atoms with Crippen molar-refractivity contribution in [1.29, 1.82) is 0 Å². The second kappa shape index (κ2) is 8.04. The van der Waals surface area contributed by atoms with E-state index in [1.807, 2.05) is 12.1 Å². The summed E-state index contributed by atoms with van der Waals surface area (Å²) in [6.45, 7) is -0.0541. The molecular formula is C20H20F2NO. The van der Waals surface area contributed by atoms with Crippen LogP contribution in [-0.4, -0.2) is 6.21 Å². The van der Waals surface area contributed by atoms with Crippen molar-refractivity contribution >= 4 is 6.21 Å². The van der Waals surface area contributed by atoms with E-state index in [0.717, 1.165) is 11.6 Å². The van der Waals surface area contributed by atoms with Gasteiger partial charge in [0.15, 0.2) is 0 Å². The summed E-state index contributed by atoms with van der Waals surface area (Å²) >= 11 is 0. The Bertz CT molecular complexity index is 709. The SMILES string of the molecule is Fc1ccc(CO/N=[C]\c2cccc(C3CCCCC3)c2)c(F)c1. The fourth-order valence-electron chi connectivity index (χ4n) is 3.12. The Hall–Kier alpha value is -2.23. The lowest BCUT2D eigenvalue weighted by Crippen LogP contribution is -2.04. The van der Waals surface area contributed by atoms with Crippen LogP contribution in [0.25, 0.3) is 0 Å². The van der Waals surface area contributed by atoms with Gasteiger partial charge in [-0.25, -0.2) is 8.78 Å². The van der Waals surface area contributed by atoms with Crippen LogP contribution in [0.3, 0.4) is 0 Å². The van der Waals surface area contributed by atoms with Gasteiger partial charge < -0.3 is 4.84 Å². The molecule has 2 aromatic rings. The van der Waals surface area contributed by atoms with Crippen LogP contribution >= 0.6 is 0 Å². The molecule has 0 amide bonds. The predicted molar refractivity (Wildman–Crippen MR) is 90.0 cm³/mol. The lowest BCUT2D eigenvalue weighted by atomic mass is 9.84.